The normalized spacial score (nSPS) is 10.3. The molecular weight excluding hydrogens is 820 g/mol. The Morgan fingerprint density at radius 3 is 0.631 bits per heavy atom. The third kappa shape index (κ3) is 10.4. The predicted octanol–water partition coefficient (Wildman–Crippen LogP) is 10.0. The molecule has 0 saturated carbocycles. The summed E-state index contributed by atoms with van der Waals surface area (Å²) in [6, 6.07) is 55.1. The number of hydrogen-bond acceptors (Lipinski definition) is 10. The van der Waals surface area contributed by atoms with Crippen molar-refractivity contribution in [2.45, 2.75) is 0 Å². The molecule has 0 fully saturated rings. The van der Waals surface area contributed by atoms with Gasteiger partial charge >= 0.3 is 0 Å². The number of aromatic amines is 2. The molecule has 7 aromatic heterocycles. The minimum Gasteiger partial charge on any atom is -0.324 e. The van der Waals surface area contributed by atoms with E-state index in [9.17, 15) is 0 Å². The van der Waals surface area contributed by atoms with E-state index in [0.717, 1.165) is 43.8 Å². The first kappa shape index (κ1) is 43.0. The third-order valence-corrected chi connectivity index (χ3v) is 9.73. The van der Waals surface area contributed by atoms with Gasteiger partial charge in [0, 0.05) is 93.4 Å². The van der Waals surface area contributed by atoms with Crippen LogP contribution in [0.5, 0.6) is 0 Å². The van der Waals surface area contributed by atoms with E-state index in [1.54, 1.807) is 49.6 Å². The minimum atomic E-state index is 0. The van der Waals surface area contributed by atoms with E-state index in [1.807, 2.05) is 170 Å². The van der Waals surface area contributed by atoms with Crippen molar-refractivity contribution in [1.82, 2.24) is 59.8 Å². The zero-order chi connectivity index (χ0) is 43.2. The van der Waals surface area contributed by atoms with Crippen molar-refractivity contribution in [3.8, 4) is 45.6 Å². The molecule has 0 amide bonds. The van der Waals surface area contributed by atoms with Crippen LogP contribution in [0, 0.1) is 0 Å². The molecule has 12 nitrogen and oxygen atoms in total. The standard InChI is InChI=1S/C32H18N8.4C5H5N.Al.3H/c1-2-10-18-17(9-1)25-33-26(18)38-28-21-13-5-6-14-22(21)30(35-28)40-32-24-16-8-7-15-23(24)31(36-32)39-29-20-12-4-3-11-19(20)27(34-29)37-25;4*1-2-4-6-5-3-1;;;;/h1-16H,(H2,33,34,35,36,37,38,39,40);4*1-5H;;;;. The lowest BCUT2D eigenvalue weighted by Crippen LogP contribution is -1.82. The monoisotopic (exact) mass is 860 g/mol. The van der Waals surface area contributed by atoms with Crippen LogP contribution in [0.2, 0.25) is 0 Å². The average Bonchev–Trinajstić information content (AvgIpc) is 4.13. The molecule has 8 bridgehead atoms. The Balaban J connectivity index is 0.000000186. The van der Waals surface area contributed by atoms with Gasteiger partial charge in [-0.05, 0) is 48.5 Å². The lowest BCUT2D eigenvalue weighted by molar-refractivity contribution is 1.19. The van der Waals surface area contributed by atoms with E-state index in [2.05, 4.69) is 29.9 Å². The maximum Gasteiger partial charge on any atom is 0.187 e. The van der Waals surface area contributed by atoms with Crippen LogP contribution < -0.4 is 0 Å². The summed E-state index contributed by atoms with van der Waals surface area (Å²) in [4.78, 5) is 51.9. The predicted molar refractivity (Wildman–Crippen MR) is 263 cm³/mol. The highest BCUT2D eigenvalue weighted by atomic mass is 27.0. The summed E-state index contributed by atoms with van der Waals surface area (Å²) >= 11 is 0. The van der Waals surface area contributed by atoms with Gasteiger partial charge in [-0.1, -0.05) is 121 Å². The molecule has 11 aromatic rings. The maximum atomic E-state index is 5.02. The summed E-state index contributed by atoms with van der Waals surface area (Å²) in [6.45, 7) is 0. The first-order valence-electron chi connectivity index (χ1n) is 20.4. The number of rotatable bonds is 0. The average molecular weight is 861 g/mol. The van der Waals surface area contributed by atoms with Gasteiger partial charge in [0.25, 0.3) is 0 Å². The largest absolute Gasteiger partial charge is 0.324 e. The van der Waals surface area contributed by atoms with Crippen LogP contribution in [0.1, 0.15) is 0 Å². The van der Waals surface area contributed by atoms with E-state index in [-0.39, 0.29) is 17.4 Å². The topological polar surface area (TPSA) is 160 Å². The van der Waals surface area contributed by atoms with Gasteiger partial charge in [0.05, 0.1) is 0 Å². The highest BCUT2D eigenvalue weighted by molar-refractivity contribution is 6.06. The van der Waals surface area contributed by atoms with Crippen molar-refractivity contribution in [2.24, 2.45) is 0 Å². The van der Waals surface area contributed by atoms with Crippen LogP contribution in [0.25, 0.3) is 89.7 Å². The van der Waals surface area contributed by atoms with Crippen molar-refractivity contribution < 1.29 is 0 Å². The van der Waals surface area contributed by atoms with Crippen LogP contribution in [0.4, 0.5) is 0 Å². The van der Waals surface area contributed by atoms with Crippen LogP contribution in [-0.4, -0.2) is 77.2 Å². The third-order valence-electron chi connectivity index (χ3n) is 9.73. The van der Waals surface area contributed by atoms with Gasteiger partial charge in [-0.25, -0.2) is 29.9 Å². The molecule has 4 aromatic carbocycles. The highest BCUT2D eigenvalue weighted by Gasteiger charge is 2.21. The molecule has 0 spiro atoms. The van der Waals surface area contributed by atoms with E-state index < -0.39 is 0 Å². The van der Waals surface area contributed by atoms with E-state index >= 15 is 0 Å². The zero-order valence-electron chi connectivity index (χ0n) is 34.3. The van der Waals surface area contributed by atoms with Gasteiger partial charge in [-0.3, -0.25) is 19.9 Å². The van der Waals surface area contributed by atoms with Crippen LogP contribution in [0.15, 0.2) is 219 Å². The Hall–Kier alpha value is -8.63. The fraction of sp³-hybridized carbons (Fsp3) is 0. The molecule has 9 heterocycles. The van der Waals surface area contributed by atoms with E-state index in [4.69, 9.17) is 29.9 Å². The Kier molecular flexibility index (Phi) is 14.2. The number of pyridine rings is 4. The number of hydrogen-bond donors (Lipinski definition) is 2. The van der Waals surface area contributed by atoms with Crippen molar-refractivity contribution in [1.29, 1.82) is 0 Å². The molecule has 0 radical (unpaired) electrons. The number of nitrogens with zero attached hydrogens (tertiary/aromatic N) is 10. The summed E-state index contributed by atoms with van der Waals surface area (Å²) in [5.41, 5.74) is 6.45. The number of H-pyrrole nitrogens is 2. The first-order chi connectivity index (χ1) is 31.8. The van der Waals surface area contributed by atoms with Gasteiger partial charge in [-0.15, -0.1) is 0 Å². The fourth-order valence-electron chi connectivity index (χ4n) is 6.84. The van der Waals surface area contributed by atoms with Crippen molar-refractivity contribution in [2.75, 3.05) is 0 Å². The van der Waals surface area contributed by atoms with Gasteiger partial charge in [0.1, 0.15) is 22.6 Å². The summed E-state index contributed by atoms with van der Waals surface area (Å²) in [7, 11) is 0. The number of nitrogens with one attached hydrogen (secondary N) is 2. The second kappa shape index (κ2) is 21.4. The fourth-order valence-corrected chi connectivity index (χ4v) is 6.84. The quantitative estimate of drug-likeness (QED) is 0.141. The molecule has 13 rings (SSSR count). The molecule has 2 aliphatic heterocycles. The molecule has 13 heteroatoms. The highest BCUT2D eigenvalue weighted by Crippen LogP contribution is 2.36. The summed E-state index contributed by atoms with van der Waals surface area (Å²) < 4.78 is 0. The van der Waals surface area contributed by atoms with E-state index in [1.165, 1.54) is 0 Å². The summed E-state index contributed by atoms with van der Waals surface area (Å²) in [6.07, 6.45) is 14.0. The molecule has 65 heavy (non-hydrogen) atoms. The second-order valence-corrected chi connectivity index (χ2v) is 13.9. The molecule has 2 N–H and O–H groups in total. The molecular formula is C52H41AlN12. The van der Waals surface area contributed by atoms with Gasteiger partial charge < -0.3 is 9.97 Å². The maximum absolute atomic E-state index is 5.02. The molecule has 0 unspecified atom stereocenters. The van der Waals surface area contributed by atoms with Crippen molar-refractivity contribution >= 4 is 61.5 Å². The molecule has 0 saturated heterocycles. The molecule has 0 atom stereocenters. The van der Waals surface area contributed by atoms with Crippen molar-refractivity contribution in [3.05, 3.63) is 219 Å². The van der Waals surface area contributed by atoms with Gasteiger partial charge in [0.15, 0.2) is 40.7 Å². The van der Waals surface area contributed by atoms with Crippen LogP contribution in [0.3, 0.4) is 0 Å². The second-order valence-electron chi connectivity index (χ2n) is 13.9. The molecule has 2 aliphatic rings. The van der Waals surface area contributed by atoms with Gasteiger partial charge in [-0.2, -0.15) is 0 Å². The van der Waals surface area contributed by atoms with Crippen LogP contribution >= 0.6 is 0 Å². The van der Waals surface area contributed by atoms with Crippen LogP contribution in [-0.2, 0) is 0 Å². The lowest BCUT2D eigenvalue weighted by Gasteiger charge is -1.96. The van der Waals surface area contributed by atoms with Crippen molar-refractivity contribution in [3.63, 3.8) is 0 Å². The Morgan fingerprint density at radius 1 is 0.231 bits per heavy atom. The summed E-state index contributed by atoms with van der Waals surface area (Å²) in [5, 5.41) is 3.82. The minimum absolute atomic E-state index is 0. The number of fused-ring (bicyclic) bond motifs is 20. The number of aromatic nitrogens is 12. The number of benzene rings is 4. The Morgan fingerprint density at radius 2 is 0.446 bits per heavy atom. The Labute approximate surface area is 384 Å². The summed E-state index contributed by atoms with van der Waals surface area (Å²) in [5.74, 6) is 2.39. The molecule has 0 aliphatic carbocycles. The zero-order valence-corrected chi connectivity index (χ0v) is 34.3. The smallest absolute Gasteiger partial charge is 0.187 e. The Bertz CT molecular complexity index is 2850. The lowest BCUT2D eigenvalue weighted by atomic mass is 10.1. The first-order valence-corrected chi connectivity index (χ1v) is 20.4. The van der Waals surface area contributed by atoms with Gasteiger partial charge in [0.2, 0.25) is 0 Å². The molecule has 312 valence electrons. The van der Waals surface area contributed by atoms with E-state index in [0.29, 0.717) is 45.9 Å². The SMILES string of the molecule is [AlH3].c1ccc2c(c1)-c1nc-2nc2[nH]c(nc3nc(nc4[nH]c(n1)c1ccccc41)-c1ccccc1-3)c1ccccc21.c1ccncc1.c1ccncc1.c1ccncc1.c1ccncc1.